The van der Waals surface area contributed by atoms with Gasteiger partial charge in [-0.2, -0.15) is 0 Å². The molecular weight excluding hydrogens is 326 g/mol. The maximum atomic E-state index is 6.09. The lowest BCUT2D eigenvalue weighted by atomic mass is 10.3. The average Bonchev–Trinajstić information content (AvgIpc) is 2.60. The van der Waals surface area contributed by atoms with Gasteiger partial charge in [0.2, 0.25) is 0 Å². The summed E-state index contributed by atoms with van der Waals surface area (Å²) in [6, 6.07) is 17.3. The molecule has 5 heteroatoms. The number of methoxy groups -OCH3 is 1. The summed E-state index contributed by atoms with van der Waals surface area (Å²) in [5.41, 5.74) is 0. The summed E-state index contributed by atoms with van der Waals surface area (Å²) in [5.74, 6) is 2.18. The molecule has 0 amide bonds. The second-order valence-corrected chi connectivity index (χ2v) is 5.12. The van der Waals surface area contributed by atoms with Crippen LogP contribution in [0.25, 0.3) is 0 Å². The highest BCUT2D eigenvalue weighted by Gasteiger charge is 2.18. The van der Waals surface area contributed by atoms with Gasteiger partial charge in [-0.3, -0.25) is 4.90 Å². The molecule has 0 aromatic heterocycles. The van der Waals surface area contributed by atoms with E-state index >= 15 is 0 Å². The molecule has 0 saturated carbocycles. The molecule has 1 atom stereocenters. The first kappa shape index (κ1) is 20.1. The first-order chi connectivity index (χ1) is 11.3. The van der Waals surface area contributed by atoms with E-state index in [9.17, 15) is 0 Å². The Kier molecular flexibility index (Phi) is 9.05. The molecular formula is C19H25ClNO3-. The molecule has 2 rings (SSSR count). The van der Waals surface area contributed by atoms with Gasteiger partial charge in [0.05, 0.1) is 13.7 Å². The second-order valence-electron chi connectivity index (χ2n) is 5.12. The first-order valence-electron chi connectivity index (χ1n) is 8.00. The van der Waals surface area contributed by atoms with E-state index in [-0.39, 0.29) is 12.4 Å². The van der Waals surface area contributed by atoms with Crippen molar-refractivity contribution >= 4 is 0 Å². The minimum absolute atomic E-state index is 0. The predicted octanol–water partition coefficient (Wildman–Crippen LogP) is 0.825. The summed E-state index contributed by atoms with van der Waals surface area (Å²) in [6.45, 7) is 6.83. The summed E-state index contributed by atoms with van der Waals surface area (Å²) in [6.07, 6.45) is -0.409. The Balaban J connectivity index is 0.00000288. The average molecular weight is 351 g/mol. The van der Waals surface area contributed by atoms with Crippen LogP contribution in [0.4, 0.5) is 0 Å². The van der Waals surface area contributed by atoms with Crippen LogP contribution < -0.4 is 26.6 Å². The molecule has 2 aromatic carbocycles. The fourth-order valence-electron chi connectivity index (χ4n) is 2.30. The van der Waals surface area contributed by atoms with Gasteiger partial charge in [0.1, 0.15) is 5.75 Å². The van der Waals surface area contributed by atoms with E-state index in [1.54, 1.807) is 7.11 Å². The Morgan fingerprint density at radius 1 is 0.833 bits per heavy atom. The van der Waals surface area contributed by atoms with Crippen molar-refractivity contribution < 1.29 is 26.6 Å². The quantitative estimate of drug-likeness (QED) is 0.627. The number of hydrogen-bond donors (Lipinski definition) is 0. The number of nitrogens with zero attached hydrogens (tertiary/aromatic N) is 1. The van der Waals surface area contributed by atoms with Gasteiger partial charge in [-0.15, -0.1) is 0 Å². The molecule has 4 nitrogen and oxygen atoms in total. The molecule has 1 unspecified atom stereocenters. The predicted molar refractivity (Wildman–Crippen MR) is 92.3 cm³/mol. The molecule has 0 heterocycles. The number of para-hydroxylation sites is 3. The molecule has 0 aliphatic heterocycles. The summed E-state index contributed by atoms with van der Waals surface area (Å²) in [4.78, 5) is 2.27. The molecule has 0 aliphatic rings. The van der Waals surface area contributed by atoms with Crippen molar-refractivity contribution in [2.75, 3.05) is 26.7 Å². The van der Waals surface area contributed by atoms with Crippen LogP contribution in [0, 0.1) is 0 Å². The Morgan fingerprint density at radius 3 is 2.00 bits per heavy atom. The summed E-state index contributed by atoms with van der Waals surface area (Å²) < 4.78 is 17.5. The first-order valence-corrected chi connectivity index (χ1v) is 8.00. The van der Waals surface area contributed by atoms with Crippen LogP contribution in [0.5, 0.6) is 17.2 Å². The van der Waals surface area contributed by atoms with E-state index < -0.39 is 6.29 Å². The molecule has 0 radical (unpaired) electrons. The minimum atomic E-state index is -0.409. The Morgan fingerprint density at radius 2 is 1.42 bits per heavy atom. The van der Waals surface area contributed by atoms with Crippen LogP contribution in [-0.2, 0) is 0 Å². The van der Waals surface area contributed by atoms with Gasteiger partial charge in [0, 0.05) is 0 Å². The van der Waals surface area contributed by atoms with Crippen LogP contribution >= 0.6 is 0 Å². The van der Waals surface area contributed by atoms with Crippen LogP contribution in [0.15, 0.2) is 54.6 Å². The van der Waals surface area contributed by atoms with Crippen LogP contribution in [0.3, 0.4) is 0 Å². The third-order valence-electron chi connectivity index (χ3n) is 3.64. The third kappa shape index (κ3) is 5.95. The number of benzene rings is 2. The zero-order valence-corrected chi connectivity index (χ0v) is 15.2. The Labute approximate surface area is 150 Å². The molecule has 0 aliphatic carbocycles. The van der Waals surface area contributed by atoms with Gasteiger partial charge < -0.3 is 26.6 Å². The smallest absolute Gasteiger partial charge is 0.253 e. The number of likely N-dealkylation sites (N-methyl/N-ethyl adjacent to an activating group) is 1. The normalized spacial score (nSPS) is 11.5. The number of halogens is 1. The van der Waals surface area contributed by atoms with Crippen LogP contribution in [0.2, 0.25) is 0 Å². The molecule has 0 bridgehead atoms. The molecule has 0 spiro atoms. The number of hydrogen-bond acceptors (Lipinski definition) is 4. The van der Waals surface area contributed by atoms with Crippen molar-refractivity contribution in [3.8, 4) is 17.2 Å². The molecule has 24 heavy (non-hydrogen) atoms. The van der Waals surface area contributed by atoms with Gasteiger partial charge in [-0.05, 0) is 37.4 Å². The highest BCUT2D eigenvalue weighted by atomic mass is 35.5. The highest BCUT2D eigenvalue weighted by Crippen LogP contribution is 2.27. The topological polar surface area (TPSA) is 30.9 Å². The van der Waals surface area contributed by atoms with Crippen LogP contribution in [0.1, 0.15) is 13.8 Å². The molecule has 2 aromatic rings. The largest absolute Gasteiger partial charge is 1.00 e. The van der Waals surface area contributed by atoms with Gasteiger partial charge in [-0.25, -0.2) is 0 Å². The summed E-state index contributed by atoms with van der Waals surface area (Å²) >= 11 is 0. The molecule has 0 fully saturated rings. The SMILES string of the molecule is CCN(CC)CC(Oc1ccccc1)Oc1ccccc1OC.[Cl-]. The van der Waals surface area contributed by atoms with E-state index in [1.807, 2.05) is 54.6 Å². The highest BCUT2D eigenvalue weighted by molar-refractivity contribution is 5.39. The Bertz CT molecular complexity index is 576. The third-order valence-corrected chi connectivity index (χ3v) is 3.64. The van der Waals surface area contributed by atoms with Crippen molar-refractivity contribution in [3.63, 3.8) is 0 Å². The van der Waals surface area contributed by atoms with Crippen molar-refractivity contribution in [1.29, 1.82) is 0 Å². The second kappa shape index (κ2) is 10.8. The lowest BCUT2D eigenvalue weighted by Crippen LogP contribution is -3.00. The monoisotopic (exact) mass is 350 g/mol. The summed E-state index contributed by atoms with van der Waals surface area (Å²) in [7, 11) is 1.64. The molecule has 0 N–H and O–H groups in total. The van der Waals surface area contributed by atoms with Gasteiger partial charge >= 0.3 is 0 Å². The molecule has 132 valence electrons. The zero-order chi connectivity index (χ0) is 16.5. The lowest BCUT2D eigenvalue weighted by molar-refractivity contribution is -0.0203. The van der Waals surface area contributed by atoms with Gasteiger partial charge in [0.15, 0.2) is 11.5 Å². The maximum Gasteiger partial charge on any atom is 0.253 e. The number of ether oxygens (including phenoxy) is 3. The van der Waals surface area contributed by atoms with E-state index in [0.29, 0.717) is 18.0 Å². The minimum Gasteiger partial charge on any atom is -1.00 e. The van der Waals surface area contributed by atoms with Gasteiger partial charge in [-0.1, -0.05) is 44.2 Å². The van der Waals surface area contributed by atoms with Crippen LogP contribution in [-0.4, -0.2) is 37.9 Å². The van der Waals surface area contributed by atoms with E-state index in [0.717, 1.165) is 18.8 Å². The fraction of sp³-hybridized carbons (Fsp3) is 0.368. The zero-order valence-electron chi connectivity index (χ0n) is 14.4. The standard InChI is InChI=1S/C19H25NO3.ClH/c1-4-20(5-2)15-19(22-16-11-7-6-8-12-16)23-18-14-10-9-13-17(18)21-3;/h6-14,19H,4-5,15H2,1-3H3;1H/p-1. The van der Waals surface area contributed by atoms with Crippen molar-refractivity contribution in [3.05, 3.63) is 54.6 Å². The van der Waals surface area contributed by atoms with E-state index in [1.165, 1.54) is 0 Å². The van der Waals surface area contributed by atoms with Crippen molar-refractivity contribution in [2.45, 2.75) is 20.1 Å². The summed E-state index contributed by atoms with van der Waals surface area (Å²) in [5, 5.41) is 0. The maximum absolute atomic E-state index is 6.09. The van der Waals surface area contributed by atoms with Crippen molar-refractivity contribution in [1.82, 2.24) is 4.90 Å². The van der Waals surface area contributed by atoms with E-state index in [2.05, 4.69) is 18.7 Å². The molecule has 0 saturated heterocycles. The van der Waals surface area contributed by atoms with E-state index in [4.69, 9.17) is 14.2 Å². The van der Waals surface area contributed by atoms with Gasteiger partial charge in [0.25, 0.3) is 6.29 Å². The lowest BCUT2D eigenvalue weighted by Gasteiger charge is -2.27. The Hall–Kier alpha value is -1.91. The van der Waals surface area contributed by atoms with Crippen molar-refractivity contribution in [2.24, 2.45) is 0 Å². The number of rotatable bonds is 9. The fourth-order valence-corrected chi connectivity index (χ4v) is 2.30.